The second-order valence-corrected chi connectivity index (χ2v) is 12.6. The van der Waals surface area contributed by atoms with Gasteiger partial charge in [-0.05, 0) is 102 Å². The topological polar surface area (TPSA) is 12.5 Å². The van der Waals surface area contributed by atoms with Crippen LogP contribution < -0.4 is 9.64 Å². The number of fused-ring (bicyclic) bond motifs is 3. The van der Waals surface area contributed by atoms with Crippen LogP contribution >= 0.6 is 0 Å². The zero-order valence-electron chi connectivity index (χ0n) is 26.8. The van der Waals surface area contributed by atoms with Crippen molar-refractivity contribution in [3.05, 3.63) is 215 Å². The lowest BCUT2D eigenvalue weighted by Crippen LogP contribution is -2.32. The first-order valence-electron chi connectivity index (χ1n) is 16.5. The molecule has 0 saturated carbocycles. The van der Waals surface area contributed by atoms with Crippen molar-refractivity contribution in [3.63, 3.8) is 0 Å². The fourth-order valence-corrected chi connectivity index (χ4v) is 7.64. The Morgan fingerprint density at radius 1 is 0.617 bits per heavy atom. The lowest BCUT2D eigenvalue weighted by Gasteiger charge is -2.39. The normalized spacial score (nSPS) is 15.1. The lowest BCUT2D eigenvalue weighted by atomic mass is 9.63. The molecule has 0 bridgehead atoms. The maximum Gasteiger partial charge on any atom is 0.130 e. The van der Waals surface area contributed by atoms with Gasteiger partial charge in [0.05, 0.1) is 11.1 Å². The zero-order valence-corrected chi connectivity index (χ0v) is 26.8. The van der Waals surface area contributed by atoms with E-state index < -0.39 is 5.41 Å². The van der Waals surface area contributed by atoms with Crippen molar-refractivity contribution in [3.8, 4) is 11.5 Å². The Balaban J connectivity index is 1.43. The largest absolute Gasteiger partial charge is 0.457 e. The first-order chi connectivity index (χ1) is 23.1. The van der Waals surface area contributed by atoms with Crippen LogP contribution in [0, 0.1) is 13.8 Å². The molecule has 47 heavy (non-hydrogen) atoms. The molecule has 0 amide bonds. The van der Waals surface area contributed by atoms with Gasteiger partial charge < -0.3 is 9.64 Å². The molecule has 2 aliphatic rings. The second-order valence-electron chi connectivity index (χ2n) is 12.6. The van der Waals surface area contributed by atoms with E-state index in [9.17, 15) is 0 Å². The maximum absolute atomic E-state index is 6.57. The number of nitrogens with zero attached hydrogens (tertiary/aromatic N) is 1. The minimum atomic E-state index is -0.618. The van der Waals surface area contributed by atoms with Gasteiger partial charge in [0.2, 0.25) is 0 Å². The van der Waals surface area contributed by atoms with E-state index in [0.29, 0.717) is 5.92 Å². The van der Waals surface area contributed by atoms with E-state index in [2.05, 4.69) is 158 Å². The van der Waals surface area contributed by atoms with Crippen molar-refractivity contribution in [1.82, 2.24) is 0 Å². The minimum absolute atomic E-state index is 0.330. The highest BCUT2D eigenvalue weighted by molar-refractivity contribution is 5.81. The predicted molar refractivity (Wildman–Crippen MR) is 194 cm³/mol. The highest BCUT2D eigenvalue weighted by Gasteiger charge is 2.43. The van der Waals surface area contributed by atoms with Crippen LogP contribution in [0.1, 0.15) is 51.3 Å². The second kappa shape index (κ2) is 12.0. The standard InChI is InChI=1S/C45H37NO/c1-32-27-28-36(30-44(32)47-38-23-13-6-14-24-38)45(34-17-7-3-8-18-34,35-19-9-4-10-20-35)41-31-43-40(29-33(41)2)39-25-15-16-26-42(39)46(43)37-21-11-5-12-22-37/h3-24,26-31,39H,25H2,1-2H3. The molecule has 1 atom stereocenters. The molecule has 0 radical (unpaired) electrons. The number of para-hydroxylation sites is 2. The molecule has 0 N–H and O–H groups in total. The van der Waals surface area contributed by atoms with Crippen LogP contribution in [-0.2, 0) is 5.41 Å². The Labute approximate surface area is 277 Å². The Hall–Kier alpha value is -5.60. The van der Waals surface area contributed by atoms with Gasteiger partial charge in [-0.3, -0.25) is 0 Å². The van der Waals surface area contributed by atoms with Crippen molar-refractivity contribution >= 4 is 11.4 Å². The Morgan fingerprint density at radius 3 is 1.89 bits per heavy atom. The van der Waals surface area contributed by atoms with Gasteiger partial charge in [0.25, 0.3) is 0 Å². The molecule has 228 valence electrons. The fourth-order valence-electron chi connectivity index (χ4n) is 7.64. The smallest absolute Gasteiger partial charge is 0.130 e. The van der Waals surface area contributed by atoms with Crippen molar-refractivity contribution in [1.29, 1.82) is 0 Å². The first-order valence-corrected chi connectivity index (χ1v) is 16.5. The molecule has 0 aromatic heterocycles. The molecular formula is C45H37NO. The highest BCUT2D eigenvalue weighted by atomic mass is 16.5. The van der Waals surface area contributed by atoms with Crippen LogP contribution in [0.4, 0.5) is 11.4 Å². The predicted octanol–water partition coefficient (Wildman–Crippen LogP) is 11.6. The lowest BCUT2D eigenvalue weighted by molar-refractivity contribution is 0.477. The monoisotopic (exact) mass is 607 g/mol. The summed E-state index contributed by atoms with van der Waals surface area (Å²) in [5, 5.41) is 0. The molecule has 2 heteroatoms. The number of hydrogen-bond acceptors (Lipinski definition) is 2. The van der Waals surface area contributed by atoms with E-state index in [4.69, 9.17) is 4.74 Å². The van der Waals surface area contributed by atoms with E-state index >= 15 is 0 Å². The number of hydrogen-bond donors (Lipinski definition) is 0. The van der Waals surface area contributed by atoms with Gasteiger partial charge in [-0.2, -0.15) is 0 Å². The minimum Gasteiger partial charge on any atom is -0.457 e. The summed E-state index contributed by atoms with van der Waals surface area (Å²) in [6, 6.07) is 54.5. The van der Waals surface area contributed by atoms with Crippen molar-refractivity contribution in [2.45, 2.75) is 31.6 Å². The maximum atomic E-state index is 6.57. The van der Waals surface area contributed by atoms with Crippen LogP contribution in [0.15, 0.2) is 176 Å². The highest BCUT2D eigenvalue weighted by Crippen LogP contribution is 2.55. The number of benzene rings is 6. The quantitative estimate of drug-likeness (QED) is 0.167. The third-order valence-corrected chi connectivity index (χ3v) is 9.80. The van der Waals surface area contributed by atoms with Gasteiger partial charge in [0.15, 0.2) is 0 Å². The number of allylic oxidation sites excluding steroid dienone is 4. The molecule has 0 fully saturated rings. The van der Waals surface area contributed by atoms with Gasteiger partial charge in [-0.1, -0.05) is 127 Å². The van der Waals surface area contributed by atoms with Gasteiger partial charge in [0.1, 0.15) is 11.5 Å². The number of ether oxygens (including phenoxy) is 1. The van der Waals surface area contributed by atoms with Crippen molar-refractivity contribution in [2.24, 2.45) is 0 Å². The van der Waals surface area contributed by atoms with Gasteiger partial charge >= 0.3 is 0 Å². The average molecular weight is 608 g/mol. The molecule has 1 heterocycles. The fraction of sp³-hybridized carbons (Fsp3) is 0.111. The van der Waals surface area contributed by atoms with E-state index in [0.717, 1.165) is 29.0 Å². The van der Waals surface area contributed by atoms with Gasteiger partial charge in [-0.25, -0.2) is 0 Å². The molecule has 6 aromatic carbocycles. The molecule has 1 aliphatic heterocycles. The molecule has 1 unspecified atom stereocenters. The SMILES string of the molecule is Cc1ccc(C(c2ccccc2)(c2ccccc2)c2cc3c(cc2C)C2CC=CC=C2N3c2ccccc2)cc1Oc1ccccc1. The molecule has 8 rings (SSSR count). The number of aryl methyl sites for hydroxylation is 2. The Kier molecular flexibility index (Phi) is 7.34. The van der Waals surface area contributed by atoms with E-state index in [1.165, 1.54) is 44.9 Å². The third kappa shape index (κ3) is 4.89. The zero-order chi connectivity index (χ0) is 31.8. The molecule has 2 nitrogen and oxygen atoms in total. The first kappa shape index (κ1) is 28.8. The van der Waals surface area contributed by atoms with Crippen LogP contribution in [0.3, 0.4) is 0 Å². The van der Waals surface area contributed by atoms with E-state index in [-0.39, 0.29) is 0 Å². The Bertz CT molecular complexity index is 2060. The summed E-state index contributed by atoms with van der Waals surface area (Å²) in [7, 11) is 0. The van der Waals surface area contributed by atoms with Crippen LogP contribution in [0.25, 0.3) is 0 Å². The van der Waals surface area contributed by atoms with Gasteiger partial charge in [0, 0.05) is 17.3 Å². The van der Waals surface area contributed by atoms with Crippen LogP contribution in [-0.4, -0.2) is 0 Å². The van der Waals surface area contributed by atoms with Crippen molar-refractivity contribution in [2.75, 3.05) is 4.90 Å². The number of rotatable bonds is 7. The van der Waals surface area contributed by atoms with Crippen molar-refractivity contribution < 1.29 is 4.74 Å². The summed E-state index contributed by atoms with van der Waals surface area (Å²) in [5.74, 6) is 2.02. The molecular weight excluding hydrogens is 571 g/mol. The van der Waals surface area contributed by atoms with E-state index in [1.54, 1.807) is 0 Å². The summed E-state index contributed by atoms with van der Waals surface area (Å²) in [6.45, 7) is 4.41. The Morgan fingerprint density at radius 2 is 1.23 bits per heavy atom. The summed E-state index contributed by atoms with van der Waals surface area (Å²) < 4.78 is 6.57. The molecule has 0 saturated heterocycles. The summed E-state index contributed by atoms with van der Waals surface area (Å²) in [4.78, 5) is 2.48. The number of anilines is 2. The third-order valence-electron chi connectivity index (χ3n) is 9.80. The van der Waals surface area contributed by atoms with Crippen LogP contribution in [0.2, 0.25) is 0 Å². The van der Waals surface area contributed by atoms with Crippen LogP contribution in [0.5, 0.6) is 11.5 Å². The summed E-state index contributed by atoms with van der Waals surface area (Å²) in [6.07, 6.45) is 7.81. The molecule has 6 aromatic rings. The average Bonchev–Trinajstić information content (AvgIpc) is 3.45. The van der Waals surface area contributed by atoms with Gasteiger partial charge in [-0.15, -0.1) is 0 Å². The molecule has 0 spiro atoms. The summed E-state index contributed by atoms with van der Waals surface area (Å²) >= 11 is 0. The van der Waals surface area contributed by atoms with E-state index in [1.807, 2.05) is 30.3 Å². The summed E-state index contributed by atoms with van der Waals surface area (Å²) in [5.41, 5.74) is 11.8. The molecule has 1 aliphatic carbocycles.